The van der Waals surface area contributed by atoms with Crippen LogP contribution < -0.4 is 10.6 Å². The number of hydrogen-bond acceptors (Lipinski definition) is 2. The molecule has 0 saturated heterocycles. The lowest BCUT2D eigenvalue weighted by molar-refractivity contribution is -0.132. The maximum absolute atomic E-state index is 13.1. The molecule has 0 aliphatic heterocycles. The second-order valence-corrected chi connectivity index (χ2v) is 6.77. The van der Waals surface area contributed by atoms with Gasteiger partial charge in [-0.2, -0.15) is 0 Å². The van der Waals surface area contributed by atoms with Crippen molar-refractivity contribution >= 4 is 34.8 Å². The van der Waals surface area contributed by atoms with Gasteiger partial charge in [0.1, 0.15) is 5.82 Å². The zero-order valence-corrected chi connectivity index (χ0v) is 14.4. The fourth-order valence-corrected chi connectivity index (χ4v) is 2.18. The van der Waals surface area contributed by atoms with Crippen molar-refractivity contribution in [2.75, 3.05) is 10.6 Å². The van der Waals surface area contributed by atoms with Gasteiger partial charge in [0.05, 0.1) is 5.02 Å². The average molecular weight is 349 g/mol. The molecule has 0 heterocycles. The van der Waals surface area contributed by atoms with Gasteiger partial charge in [0.25, 0.3) is 0 Å². The molecule has 0 spiro atoms. The third-order valence-corrected chi connectivity index (χ3v) is 3.68. The predicted octanol–water partition coefficient (Wildman–Crippen LogP) is 4.35. The first kappa shape index (κ1) is 17.9. The molecule has 24 heavy (non-hydrogen) atoms. The molecule has 2 N–H and O–H groups in total. The Morgan fingerprint density at radius 3 is 1.92 bits per heavy atom. The van der Waals surface area contributed by atoms with E-state index in [4.69, 9.17) is 11.6 Å². The second-order valence-electron chi connectivity index (χ2n) is 6.36. The number of rotatable bonds is 2. The minimum Gasteiger partial charge on any atom is -0.318 e. The van der Waals surface area contributed by atoms with Crippen molar-refractivity contribution in [1.29, 1.82) is 0 Å². The molecule has 2 rings (SSSR count). The van der Waals surface area contributed by atoms with E-state index >= 15 is 0 Å². The number of anilines is 2. The molecule has 0 radical (unpaired) electrons. The van der Waals surface area contributed by atoms with Gasteiger partial charge in [0.15, 0.2) is 0 Å². The molecule has 0 fully saturated rings. The van der Waals surface area contributed by atoms with Crippen LogP contribution in [0.15, 0.2) is 42.5 Å². The summed E-state index contributed by atoms with van der Waals surface area (Å²) in [5.74, 6) is -2.28. The molecule has 2 aromatic carbocycles. The van der Waals surface area contributed by atoms with Gasteiger partial charge in [-0.1, -0.05) is 44.5 Å². The van der Waals surface area contributed by atoms with E-state index in [2.05, 4.69) is 31.4 Å². The molecule has 2 amide bonds. The molecule has 2 aromatic rings. The Bertz CT molecular complexity index is 768. The normalized spacial score (nSPS) is 11.0. The first-order chi connectivity index (χ1) is 11.2. The van der Waals surface area contributed by atoms with Crippen LogP contribution >= 0.6 is 11.6 Å². The van der Waals surface area contributed by atoms with Crippen LogP contribution in [0.25, 0.3) is 0 Å². The summed E-state index contributed by atoms with van der Waals surface area (Å²) in [7, 11) is 0. The van der Waals surface area contributed by atoms with Gasteiger partial charge < -0.3 is 10.6 Å². The molecule has 0 atom stereocenters. The fraction of sp³-hybridized carbons (Fsp3) is 0.222. The van der Waals surface area contributed by atoms with Crippen molar-refractivity contribution in [3.05, 3.63) is 58.9 Å². The van der Waals surface area contributed by atoms with Gasteiger partial charge in [-0.05, 0) is 41.3 Å². The Morgan fingerprint density at radius 1 is 0.917 bits per heavy atom. The van der Waals surface area contributed by atoms with E-state index in [-0.39, 0.29) is 16.1 Å². The van der Waals surface area contributed by atoms with E-state index < -0.39 is 17.6 Å². The van der Waals surface area contributed by atoms with Crippen LogP contribution in [0.2, 0.25) is 5.02 Å². The number of nitrogens with one attached hydrogen (secondary N) is 2. The van der Waals surface area contributed by atoms with Crippen LogP contribution in [-0.4, -0.2) is 11.8 Å². The number of benzene rings is 2. The topological polar surface area (TPSA) is 58.2 Å². The van der Waals surface area contributed by atoms with Crippen molar-refractivity contribution in [3.63, 3.8) is 0 Å². The molecule has 0 unspecified atom stereocenters. The van der Waals surface area contributed by atoms with Crippen LogP contribution in [0, 0.1) is 5.82 Å². The van der Waals surface area contributed by atoms with Crippen molar-refractivity contribution < 1.29 is 14.0 Å². The molecule has 4 nitrogen and oxygen atoms in total. The summed E-state index contributed by atoms with van der Waals surface area (Å²) >= 11 is 5.63. The van der Waals surface area contributed by atoms with Crippen LogP contribution in [0.4, 0.5) is 15.8 Å². The lowest BCUT2D eigenvalue weighted by Crippen LogP contribution is -2.29. The number of hydrogen-bond donors (Lipinski definition) is 2. The van der Waals surface area contributed by atoms with E-state index in [1.807, 2.05) is 12.1 Å². The van der Waals surface area contributed by atoms with Gasteiger partial charge in [-0.25, -0.2) is 4.39 Å². The number of amides is 2. The molecule has 0 aliphatic carbocycles. The van der Waals surface area contributed by atoms with Gasteiger partial charge in [-0.15, -0.1) is 0 Å². The van der Waals surface area contributed by atoms with E-state index in [1.54, 1.807) is 12.1 Å². The van der Waals surface area contributed by atoms with Crippen LogP contribution in [-0.2, 0) is 15.0 Å². The zero-order chi connectivity index (χ0) is 17.9. The summed E-state index contributed by atoms with van der Waals surface area (Å²) in [6.07, 6.45) is 0. The molecule has 0 saturated carbocycles. The molecular formula is C18H18ClFN2O2. The number of carbonyl (C=O) groups is 2. The highest BCUT2D eigenvalue weighted by Gasteiger charge is 2.16. The fourth-order valence-electron chi connectivity index (χ4n) is 2.00. The Kier molecular flexibility index (Phi) is 5.24. The van der Waals surface area contributed by atoms with Crippen molar-refractivity contribution in [2.24, 2.45) is 0 Å². The second kappa shape index (κ2) is 7.01. The molecule has 6 heteroatoms. The Balaban J connectivity index is 2.01. The highest BCUT2D eigenvalue weighted by molar-refractivity contribution is 6.43. The summed E-state index contributed by atoms with van der Waals surface area (Å²) in [6, 6.07) is 10.9. The summed E-state index contributed by atoms with van der Waals surface area (Å²) in [5, 5.41) is 4.74. The summed E-state index contributed by atoms with van der Waals surface area (Å²) in [4.78, 5) is 23.8. The minimum absolute atomic E-state index is 0.00175. The average Bonchev–Trinajstić information content (AvgIpc) is 2.50. The lowest BCUT2D eigenvalue weighted by atomic mass is 9.87. The van der Waals surface area contributed by atoms with Gasteiger partial charge >= 0.3 is 11.8 Å². The maximum Gasteiger partial charge on any atom is 0.314 e. The standard InChI is InChI=1S/C18H18ClFN2O2/c1-18(2,3)11-4-6-12(7-5-11)21-16(23)17(24)22-13-8-9-15(20)14(19)10-13/h4-10H,1-3H3,(H,21,23)(H,22,24). The monoisotopic (exact) mass is 348 g/mol. The molecule has 0 aromatic heterocycles. The lowest BCUT2D eigenvalue weighted by Gasteiger charge is -2.19. The van der Waals surface area contributed by atoms with E-state index in [0.29, 0.717) is 5.69 Å². The van der Waals surface area contributed by atoms with Crippen LogP contribution in [0.5, 0.6) is 0 Å². The Morgan fingerprint density at radius 2 is 1.42 bits per heavy atom. The highest BCUT2D eigenvalue weighted by Crippen LogP contribution is 2.23. The third-order valence-electron chi connectivity index (χ3n) is 3.39. The number of halogens is 2. The zero-order valence-electron chi connectivity index (χ0n) is 13.6. The molecule has 126 valence electrons. The quantitative estimate of drug-likeness (QED) is 0.792. The summed E-state index contributed by atoms with van der Waals surface area (Å²) < 4.78 is 13.1. The summed E-state index contributed by atoms with van der Waals surface area (Å²) in [6.45, 7) is 6.26. The molecule has 0 aliphatic rings. The van der Waals surface area contributed by atoms with Gasteiger partial charge in [0.2, 0.25) is 0 Å². The Hall–Kier alpha value is -2.40. The highest BCUT2D eigenvalue weighted by atomic mass is 35.5. The van der Waals surface area contributed by atoms with E-state index in [1.165, 1.54) is 12.1 Å². The summed E-state index contributed by atoms with van der Waals surface area (Å²) in [5.41, 5.74) is 1.87. The van der Waals surface area contributed by atoms with E-state index in [9.17, 15) is 14.0 Å². The maximum atomic E-state index is 13.1. The molecular weight excluding hydrogens is 331 g/mol. The Labute approximate surface area is 145 Å². The molecule has 0 bridgehead atoms. The SMILES string of the molecule is CC(C)(C)c1ccc(NC(=O)C(=O)Nc2ccc(F)c(Cl)c2)cc1. The largest absolute Gasteiger partial charge is 0.318 e. The van der Waals surface area contributed by atoms with Crippen molar-refractivity contribution in [2.45, 2.75) is 26.2 Å². The third kappa shape index (κ3) is 4.55. The van der Waals surface area contributed by atoms with Crippen molar-refractivity contribution in [3.8, 4) is 0 Å². The number of carbonyl (C=O) groups excluding carboxylic acids is 2. The van der Waals surface area contributed by atoms with Gasteiger partial charge in [0, 0.05) is 11.4 Å². The van der Waals surface area contributed by atoms with E-state index in [0.717, 1.165) is 11.6 Å². The van der Waals surface area contributed by atoms with Crippen molar-refractivity contribution in [1.82, 2.24) is 0 Å². The van der Waals surface area contributed by atoms with Gasteiger partial charge in [-0.3, -0.25) is 9.59 Å². The first-order valence-corrected chi connectivity index (χ1v) is 7.72. The minimum atomic E-state index is -0.863. The van der Waals surface area contributed by atoms with Crippen LogP contribution in [0.1, 0.15) is 26.3 Å². The van der Waals surface area contributed by atoms with Crippen LogP contribution in [0.3, 0.4) is 0 Å². The first-order valence-electron chi connectivity index (χ1n) is 7.35. The predicted molar refractivity (Wildman–Crippen MR) is 93.8 cm³/mol. The smallest absolute Gasteiger partial charge is 0.314 e.